The molecule has 86 valence electrons. The highest BCUT2D eigenvalue weighted by Gasteiger charge is 2.11. The Bertz CT molecular complexity index is 336. The van der Waals surface area contributed by atoms with E-state index in [2.05, 4.69) is 0 Å². The number of hydrogen-bond acceptors (Lipinski definition) is 2. The molecule has 0 N–H and O–H groups in total. The first-order chi connectivity index (χ1) is 7.76. The zero-order valence-electron chi connectivity index (χ0n) is 9.65. The molecule has 0 unspecified atom stereocenters. The molecule has 0 fully saturated rings. The zero-order valence-corrected chi connectivity index (χ0v) is 9.65. The summed E-state index contributed by atoms with van der Waals surface area (Å²) in [5, 5.41) is 0. The van der Waals surface area contributed by atoms with Gasteiger partial charge >= 0.3 is 7.12 Å². The van der Waals surface area contributed by atoms with Gasteiger partial charge in [-0.15, -0.1) is 0 Å². The number of rotatable bonds is 6. The van der Waals surface area contributed by atoms with Gasteiger partial charge in [-0.1, -0.05) is 24.2 Å². The van der Waals surface area contributed by atoms with Crippen molar-refractivity contribution in [3.63, 3.8) is 0 Å². The summed E-state index contributed by atoms with van der Waals surface area (Å²) in [6.07, 6.45) is 1.79. The summed E-state index contributed by atoms with van der Waals surface area (Å²) in [5.74, 6) is 1.54. The average molecular weight is 222 g/mol. The lowest BCUT2D eigenvalue weighted by molar-refractivity contribution is 0.224. The van der Waals surface area contributed by atoms with Gasteiger partial charge in [-0.3, -0.25) is 0 Å². The van der Waals surface area contributed by atoms with Gasteiger partial charge in [0.1, 0.15) is 5.82 Å². The molecule has 0 aliphatic carbocycles. The van der Waals surface area contributed by atoms with E-state index in [1.165, 1.54) is 12.1 Å². The fourth-order valence-corrected chi connectivity index (χ4v) is 1.29. The molecule has 1 aromatic rings. The molecular weight excluding hydrogens is 206 g/mol. The molecular formula is C12H16BFO2. The van der Waals surface area contributed by atoms with Crippen LogP contribution >= 0.6 is 0 Å². The first-order valence-corrected chi connectivity index (χ1v) is 5.43. The van der Waals surface area contributed by atoms with Crippen LogP contribution in [0.5, 0.6) is 0 Å². The van der Waals surface area contributed by atoms with Crippen molar-refractivity contribution in [2.24, 2.45) is 0 Å². The van der Waals surface area contributed by atoms with Gasteiger partial charge in [-0.05, 0) is 31.5 Å². The lowest BCUT2D eigenvalue weighted by Crippen LogP contribution is -2.20. The van der Waals surface area contributed by atoms with Crippen molar-refractivity contribution in [1.29, 1.82) is 0 Å². The largest absolute Gasteiger partial charge is 0.486 e. The first-order valence-electron chi connectivity index (χ1n) is 5.43. The van der Waals surface area contributed by atoms with Crippen molar-refractivity contribution >= 4 is 13.2 Å². The Balaban J connectivity index is 2.62. The topological polar surface area (TPSA) is 18.5 Å². The van der Waals surface area contributed by atoms with E-state index in [0.29, 0.717) is 13.2 Å². The van der Waals surface area contributed by atoms with E-state index < -0.39 is 0 Å². The maximum Gasteiger partial charge on any atom is 0.486 e. The molecule has 0 saturated heterocycles. The zero-order chi connectivity index (χ0) is 11.8. The molecule has 0 bridgehead atoms. The van der Waals surface area contributed by atoms with Crippen molar-refractivity contribution in [2.75, 3.05) is 13.2 Å². The fourth-order valence-electron chi connectivity index (χ4n) is 1.29. The minimum Gasteiger partial charge on any atom is -0.408 e. The maximum absolute atomic E-state index is 12.9. The summed E-state index contributed by atoms with van der Waals surface area (Å²) < 4.78 is 23.6. The van der Waals surface area contributed by atoms with Gasteiger partial charge in [0, 0.05) is 13.2 Å². The maximum atomic E-state index is 12.9. The molecule has 4 heteroatoms. The minimum absolute atomic E-state index is 0.244. The number of benzene rings is 1. The summed E-state index contributed by atoms with van der Waals surface area (Å²) in [4.78, 5) is 0. The van der Waals surface area contributed by atoms with E-state index >= 15 is 0 Å². The molecule has 1 aromatic carbocycles. The summed E-state index contributed by atoms with van der Waals surface area (Å²) in [6.45, 7) is 4.97. The Morgan fingerprint density at radius 2 is 1.94 bits per heavy atom. The summed E-state index contributed by atoms with van der Waals surface area (Å²) in [6, 6.07) is 6.38. The molecule has 0 aliphatic rings. The first kappa shape index (κ1) is 12.9. The normalized spacial score (nSPS) is 10.9. The predicted octanol–water partition coefficient (Wildman–Crippen LogP) is 2.94. The second kappa shape index (κ2) is 7.20. The fraction of sp³-hybridized carbons (Fsp3) is 0.333. The quantitative estimate of drug-likeness (QED) is 0.689. The smallest absolute Gasteiger partial charge is 0.408 e. The minimum atomic E-state index is -0.363. The van der Waals surface area contributed by atoms with Crippen molar-refractivity contribution in [3.05, 3.63) is 41.6 Å². The number of halogens is 1. The van der Waals surface area contributed by atoms with Crippen molar-refractivity contribution < 1.29 is 13.7 Å². The van der Waals surface area contributed by atoms with Crippen LogP contribution in [0.2, 0.25) is 0 Å². The SMILES string of the molecule is CCOB(/C=C/c1cccc(F)c1)OCC. The van der Waals surface area contributed by atoms with Gasteiger partial charge in [0.05, 0.1) is 0 Å². The third kappa shape index (κ3) is 4.60. The molecule has 0 aromatic heterocycles. The summed E-state index contributed by atoms with van der Waals surface area (Å²) >= 11 is 0. The van der Waals surface area contributed by atoms with Gasteiger partial charge in [-0.2, -0.15) is 0 Å². The van der Waals surface area contributed by atoms with Crippen LogP contribution in [0.4, 0.5) is 4.39 Å². The van der Waals surface area contributed by atoms with Crippen molar-refractivity contribution in [3.8, 4) is 0 Å². The molecule has 0 saturated carbocycles. The highest BCUT2D eigenvalue weighted by Crippen LogP contribution is 2.06. The van der Waals surface area contributed by atoms with Crippen LogP contribution in [0.3, 0.4) is 0 Å². The lowest BCUT2D eigenvalue weighted by atomic mass is 9.88. The van der Waals surface area contributed by atoms with Crippen LogP contribution < -0.4 is 0 Å². The second-order valence-corrected chi connectivity index (χ2v) is 3.19. The Morgan fingerprint density at radius 1 is 1.25 bits per heavy atom. The Hall–Kier alpha value is -1.13. The summed E-state index contributed by atoms with van der Waals surface area (Å²) in [5.41, 5.74) is 0.796. The highest BCUT2D eigenvalue weighted by molar-refractivity contribution is 6.51. The molecule has 2 nitrogen and oxygen atoms in total. The second-order valence-electron chi connectivity index (χ2n) is 3.19. The van der Waals surface area contributed by atoms with Crippen LogP contribution in [0, 0.1) is 5.82 Å². The summed E-state index contributed by atoms with van der Waals surface area (Å²) in [7, 11) is -0.363. The van der Waals surface area contributed by atoms with Gasteiger partial charge in [0.15, 0.2) is 0 Å². The van der Waals surface area contributed by atoms with Gasteiger partial charge in [0.25, 0.3) is 0 Å². The average Bonchev–Trinajstić information content (AvgIpc) is 2.27. The van der Waals surface area contributed by atoms with Crippen molar-refractivity contribution in [1.82, 2.24) is 0 Å². The van der Waals surface area contributed by atoms with E-state index in [9.17, 15) is 4.39 Å². The third-order valence-corrected chi connectivity index (χ3v) is 1.96. The molecule has 1 rings (SSSR count). The Kier molecular flexibility index (Phi) is 5.82. The monoisotopic (exact) mass is 222 g/mol. The van der Waals surface area contributed by atoms with Gasteiger partial charge in [-0.25, -0.2) is 4.39 Å². The van der Waals surface area contributed by atoms with E-state index in [1.807, 2.05) is 19.9 Å². The van der Waals surface area contributed by atoms with Crippen LogP contribution in [0.1, 0.15) is 19.4 Å². The molecule has 0 amide bonds. The predicted molar refractivity (Wildman–Crippen MR) is 64.4 cm³/mol. The molecule has 0 spiro atoms. The lowest BCUT2D eigenvalue weighted by Gasteiger charge is -2.07. The third-order valence-electron chi connectivity index (χ3n) is 1.96. The molecule has 0 heterocycles. The highest BCUT2D eigenvalue weighted by atomic mass is 19.1. The van der Waals surface area contributed by atoms with Gasteiger partial charge < -0.3 is 9.31 Å². The van der Waals surface area contributed by atoms with E-state index in [4.69, 9.17) is 9.31 Å². The Morgan fingerprint density at radius 3 is 2.50 bits per heavy atom. The van der Waals surface area contributed by atoms with Crippen LogP contribution in [0.25, 0.3) is 6.08 Å². The number of hydrogen-bond donors (Lipinski definition) is 0. The van der Waals surface area contributed by atoms with Crippen LogP contribution in [0.15, 0.2) is 30.2 Å². The molecule has 0 atom stereocenters. The standard InChI is InChI=1S/C12H16BFO2/c1-3-15-13(16-4-2)9-8-11-6-5-7-12(14)10-11/h5-10H,3-4H2,1-2H3/b9-8+. The van der Waals surface area contributed by atoms with Crippen molar-refractivity contribution in [2.45, 2.75) is 13.8 Å². The molecule has 0 aliphatic heterocycles. The van der Waals surface area contributed by atoms with E-state index in [1.54, 1.807) is 18.1 Å². The van der Waals surface area contributed by atoms with Crippen LogP contribution in [-0.2, 0) is 9.31 Å². The molecule has 0 radical (unpaired) electrons. The van der Waals surface area contributed by atoms with E-state index in [0.717, 1.165) is 5.56 Å². The van der Waals surface area contributed by atoms with Crippen LogP contribution in [-0.4, -0.2) is 20.3 Å². The molecule has 16 heavy (non-hydrogen) atoms. The Labute approximate surface area is 96.2 Å². The van der Waals surface area contributed by atoms with Gasteiger partial charge in [0.2, 0.25) is 0 Å². The van der Waals surface area contributed by atoms with E-state index in [-0.39, 0.29) is 12.9 Å².